The monoisotopic (exact) mass is 369 g/mol. The van der Waals surface area contributed by atoms with Crippen LogP contribution in [0.25, 0.3) is 0 Å². The van der Waals surface area contributed by atoms with Crippen LogP contribution >= 0.6 is 0 Å². The van der Waals surface area contributed by atoms with Gasteiger partial charge in [-0.1, -0.05) is 84.9 Å². The number of hydrogen-bond donors (Lipinski definition) is 0. The summed E-state index contributed by atoms with van der Waals surface area (Å²) in [5, 5.41) is 0. The molecule has 0 unspecified atom stereocenters. The molecule has 2 nitrogen and oxygen atoms in total. The summed E-state index contributed by atoms with van der Waals surface area (Å²) < 4.78 is 0. The highest BCUT2D eigenvalue weighted by Crippen LogP contribution is 2.31. The van der Waals surface area contributed by atoms with Crippen LogP contribution in [0.5, 0.6) is 0 Å². The van der Waals surface area contributed by atoms with Gasteiger partial charge in [0.05, 0.1) is 0 Å². The Labute approximate surface area is 167 Å². The van der Waals surface area contributed by atoms with Crippen LogP contribution in [0.15, 0.2) is 84.9 Å². The predicted molar refractivity (Wildman–Crippen MR) is 114 cm³/mol. The van der Waals surface area contributed by atoms with Crippen molar-refractivity contribution in [3.63, 3.8) is 0 Å². The molecule has 0 aromatic heterocycles. The molecule has 0 radical (unpaired) electrons. The average molecular weight is 370 g/mol. The third kappa shape index (κ3) is 4.07. The first kappa shape index (κ1) is 18.6. The van der Waals surface area contributed by atoms with E-state index in [0.717, 1.165) is 24.9 Å². The molecule has 1 aliphatic rings. The predicted octanol–water partition coefficient (Wildman–Crippen LogP) is 5.84. The minimum Gasteiger partial charge on any atom is -0.294 e. The molecule has 0 saturated carbocycles. The van der Waals surface area contributed by atoms with Crippen molar-refractivity contribution in [3.05, 3.63) is 107 Å². The lowest BCUT2D eigenvalue weighted by Crippen LogP contribution is -2.38. The fourth-order valence-electron chi connectivity index (χ4n) is 4.34. The van der Waals surface area contributed by atoms with Gasteiger partial charge in [0.25, 0.3) is 0 Å². The van der Waals surface area contributed by atoms with E-state index in [1.54, 1.807) is 0 Å². The van der Waals surface area contributed by atoms with Gasteiger partial charge in [0, 0.05) is 30.6 Å². The van der Waals surface area contributed by atoms with Crippen LogP contribution < -0.4 is 0 Å². The standard InChI is InChI=1S/C26H27NO/c1-20(22-12-6-3-7-13-22)27(19-21-10-4-2-5-11-21)24-17-16-23-14-8-9-15-25(23)26(28)18-24/h2-15,20,24H,16-19H2,1H3/t20-,24-/m1/s1. The molecule has 0 spiro atoms. The zero-order valence-electron chi connectivity index (χ0n) is 16.4. The number of benzene rings is 3. The molecule has 0 amide bonds. The quantitative estimate of drug-likeness (QED) is 0.527. The van der Waals surface area contributed by atoms with Gasteiger partial charge in [0.2, 0.25) is 0 Å². The summed E-state index contributed by atoms with van der Waals surface area (Å²) in [4.78, 5) is 15.5. The Balaban J connectivity index is 1.64. The molecule has 142 valence electrons. The lowest BCUT2D eigenvalue weighted by Gasteiger charge is -2.36. The van der Waals surface area contributed by atoms with E-state index in [-0.39, 0.29) is 17.9 Å². The molecule has 4 rings (SSSR count). The van der Waals surface area contributed by atoms with Gasteiger partial charge < -0.3 is 0 Å². The highest BCUT2D eigenvalue weighted by atomic mass is 16.1. The molecular weight excluding hydrogens is 342 g/mol. The Bertz CT molecular complexity index is 919. The molecule has 0 fully saturated rings. The van der Waals surface area contributed by atoms with Gasteiger partial charge in [-0.2, -0.15) is 0 Å². The molecule has 3 aromatic rings. The van der Waals surface area contributed by atoms with Gasteiger partial charge >= 0.3 is 0 Å². The van der Waals surface area contributed by atoms with Gasteiger partial charge in [-0.25, -0.2) is 0 Å². The average Bonchev–Trinajstić information content (AvgIpc) is 2.92. The van der Waals surface area contributed by atoms with Crippen molar-refractivity contribution in [1.29, 1.82) is 0 Å². The fourth-order valence-corrected chi connectivity index (χ4v) is 4.34. The molecule has 1 aliphatic carbocycles. The Morgan fingerprint density at radius 2 is 1.54 bits per heavy atom. The minimum absolute atomic E-state index is 0.232. The minimum atomic E-state index is 0.232. The van der Waals surface area contributed by atoms with Crippen LogP contribution in [0.4, 0.5) is 0 Å². The number of aryl methyl sites for hydroxylation is 1. The smallest absolute Gasteiger partial charge is 0.164 e. The zero-order chi connectivity index (χ0) is 19.3. The highest BCUT2D eigenvalue weighted by molar-refractivity contribution is 5.98. The maximum absolute atomic E-state index is 13.0. The molecule has 2 heteroatoms. The zero-order valence-corrected chi connectivity index (χ0v) is 16.4. The summed E-state index contributed by atoms with van der Waals surface area (Å²) in [6.07, 6.45) is 2.55. The SMILES string of the molecule is C[C@H](c1ccccc1)N(Cc1ccccc1)[C@@H]1CCc2ccccc2C(=O)C1. The van der Waals surface area contributed by atoms with Gasteiger partial charge in [-0.05, 0) is 36.5 Å². The molecular formula is C26H27NO. The summed E-state index contributed by atoms with van der Waals surface area (Å²) in [6, 6.07) is 29.8. The van der Waals surface area contributed by atoms with Crippen LogP contribution in [-0.4, -0.2) is 16.7 Å². The normalized spacial score (nSPS) is 17.8. The van der Waals surface area contributed by atoms with E-state index in [9.17, 15) is 4.79 Å². The third-order valence-corrected chi connectivity index (χ3v) is 5.94. The molecule has 2 atom stereocenters. The van der Waals surface area contributed by atoms with Crippen molar-refractivity contribution in [2.45, 2.75) is 44.8 Å². The van der Waals surface area contributed by atoms with Crippen LogP contribution in [0.2, 0.25) is 0 Å². The molecule has 3 aromatic carbocycles. The maximum atomic E-state index is 13.0. The Kier molecular flexibility index (Phi) is 5.68. The largest absolute Gasteiger partial charge is 0.294 e. The Hall–Kier alpha value is -2.71. The number of rotatable bonds is 5. The number of carbonyl (C=O) groups excluding carboxylic acids is 1. The van der Waals surface area contributed by atoms with Crippen molar-refractivity contribution in [2.24, 2.45) is 0 Å². The van der Waals surface area contributed by atoms with Crippen molar-refractivity contribution in [2.75, 3.05) is 0 Å². The molecule has 0 heterocycles. The number of nitrogens with zero attached hydrogens (tertiary/aromatic N) is 1. The maximum Gasteiger partial charge on any atom is 0.164 e. The van der Waals surface area contributed by atoms with Crippen molar-refractivity contribution >= 4 is 5.78 Å². The molecule has 0 bridgehead atoms. The summed E-state index contributed by atoms with van der Waals surface area (Å²) in [5.74, 6) is 0.274. The van der Waals surface area contributed by atoms with E-state index >= 15 is 0 Å². The van der Waals surface area contributed by atoms with E-state index in [1.807, 2.05) is 18.2 Å². The lowest BCUT2D eigenvalue weighted by atomic mass is 9.98. The van der Waals surface area contributed by atoms with Crippen LogP contribution in [0.1, 0.15) is 52.9 Å². The highest BCUT2D eigenvalue weighted by Gasteiger charge is 2.30. The summed E-state index contributed by atoms with van der Waals surface area (Å²) in [5.41, 5.74) is 4.70. The third-order valence-electron chi connectivity index (χ3n) is 5.94. The second kappa shape index (κ2) is 8.53. The summed E-state index contributed by atoms with van der Waals surface area (Å²) >= 11 is 0. The Morgan fingerprint density at radius 1 is 0.893 bits per heavy atom. The van der Waals surface area contributed by atoms with E-state index in [4.69, 9.17) is 0 Å². The number of fused-ring (bicyclic) bond motifs is 1. The van der Waals surface area contributed by atoms with Gasteiger partial charge in [-0.15, -0.1) is 0 Å². The second-order valence-electron chi connectivity index (χ2n) is 7.72. The van der Waals surface area contributed by atoms with Crippen LogP contribution in [0, 0.1) is 0 Å². The van der Waals surface area contributed by atoms with Crippen molar-refractivity contribution in [3.8, 4) is 0 Å². The van der Waals surface area contributed by atoms with E-state index < -0.39 is 0 Å². The van der Waals surface area contributed by atoms with Crippen LogP contribution in [0.3, 0.4) is 0 Å². The summed E-state index contributed by atoms with van der Waals surface area (Å²) in [7, 11) is 0. The first-order valence-corrected chi connectivity index (χ1v) is 10.2. The number of ketones is 1. The fraction of sp³-hybridized carbons (Fsp3) is 0.269. The van der Waals surface area contributed by atoms with E-state index in [0.29, 0.717) is 6.42 Å². The van der Waals surface area contributed by atoms with Crippen molar-refractivity contribution in [1.82, 2.24) is 4.90 Å². The second-order valence-corrected chi connectivity index (χ2v) is 7.72. The molecule has 28 heavy (non-hydrogen) atoms. The lowest BCUT2D eigenvalue weighted by molar-refractivity contribution is 0.0847. The van der Waals surface area contributed by atoms with Gasteiger partial charge in [0.1, 0.15) is 0 Å². The topological polar surface area (TPSA) is 20.3 Å². The number of Topliss-reactive ketones (excluding diaryl/α,β-unsaturated/α-hetero) is 1. The molecule has 0 aliphatic heterocycles. The Morgan fingerprint density at radius 3 is 2.29 bits per heavy atom. The van der Waals surface area contributed by atoms with E-state index in [1.165, 1.54) is 16.7 Å². The number of hydrogen-bond acceptors (Lipinski definition) is 2. The van der Waals surface area contributed by atoms with Crippen molar-refractivity contribution < 1.29 is 4.79 Å². The summed E-state index contributed by atoms with van der Waals surface area (Å²) in [6.45, 7) is 3.12. The van der Waals surface area contributed by atoms with E-state index in [2.05, 4.69) is 78.6 Å². The molecule has 0 N–H and O–H groups in total. The first-order chi connectivity index (χ1) is 13.7. The first-order valence-electron chi connectivity index (χ1n) is 10.2. The number of carbonyl (C=O) groups is 1. The van der Waals surface area contributed by atoms with Gasteiger partial charge in [0.15, 0.2) is 5.78 Å². The van der Waals surface area contributed by atoms with Gasteiger partial charge in [-0.3, -0.25) is 9.69 Å². The molecule has 0 saturated heterocycles. The van der Waals surface area contributed by atoms with Crippen LogP contribution in [-0.2, 0) is 13.0 Å².